The Balaban J connectivity index is 2.07. The molecule has 2 rings (SSSR count). The second kappa shape index (κ2) is 5.23. The molecule has 0 atom stereocenters. The third-order valence-corrected chi connectivity index (χ3v) is 3.57. The fraction of sp³-hybridized carbons (Fsp3) is 0.214. The van der Waals surface area contributed by atoms with Crippen molar-refractivity contribution in [2.24, 2.45) is 0 Å². The van der Waals surface area contributed by atoms with Gasteiger partial charge in [0.2, 0.25) is 0 Å². The number of nitrogens with zero attached hydrogens (tertiary/aromatic N) is 1. The lowest BCUT2D eigenvalue weighted by Gasteiger charge is -2.05. The summed E-state index contributed by atoms with van der Waals surface area (Å²) in [7, 11) is 0. The molecular weight excluding hydrogens is 228 g/mol. The van der Waals surface area contributed by atoms with Crippen LogP contribution in [0.3, 0.4) is 0 Å². The summed E-state index contributed by atoms with van der Waals surface area (Å²) in [5.74, 6) is 0.905. The molecule has 2 N–H and O–H groups in total. The van der Waals surface area contributed by atoms with Gasteiger partial charge in [0, 0.05) is 11.9 Å². The molecule has 1 aromatic heterocycles. The molecule has 0 amide bonds. The van der Waals surface area contributed by atoms with E-state index in [1.165, 1.54) is 11.1 Å². The Morgan fingerprint density at radius 3 is 2.71 bits per heavy atom. The molecule has 0 aliphatic carbocycles. The monoisotopic (exact) mass is 244 g/mol. The largest absolute Gasteiger partial charge is 0.397 e. The van der Waals surface area contributed by atoms with Gasteiger partial charge >= 0.3 is 0 Å². The summed E-state index contributed by atoms with van der Waals surface area (Å²) in [5.41, 5.74) is 10.4. The standard InChI is InChI=1S/C14H16N2S/c1-10-4-3-5-12(6-10)9-17-14-13(15)7-11(2)8-16-14/h3-8H,9,15H2,1-2H3. The average molecular weight is 244 g/mol. The highest BCUT2D eigenvalue weighted by Crippen LogP contribution is 2.26. The quantitative estimate of drug-likeness (QED) is 0.839. The molecule has 0 bridgehead atoms. The summed E-state index contributed by atoms with van der Waals surface area (Å²) < 4.78 is 0. The maximum atomic E-state index is 5.93. The van der Waals surface area contributed by atoms with Crippen LogP contribution in [0.2, 0.25) is 0 Å². The van der Waals surface area contributed by atoms with Crippen LogP contribution in [0.15, 0.2) is 41.6 Å². The number of benzene rings is 1. The van der Waals surface area contributed by atoms with Gasteiger partial charge in [-0.2, -0.15) is 0 Å². The molecule has 0 saturated heterocycles. The Kier molecular flexibility index (Phi) is 3.69. The van der Waals surface area contributed by atoms with Crippen molar-refractivity contribution in [3.05, 3.63) is 53.2 Å². The van der Waals surface area contributed by atoms with E-state index in [0.29, 0.717) is 0 Å². The van der Waals surface area contributed by atoms with Crippen LogP contribution < -0.4 is 5.73 Å². The van der Waals surface area contributed by atoms with Crippen LogP contribution in [0.5, 0.6) is 0 Å². The minimum atomic E-state index is 0.766. The minimum Gasteiger partial charge on any atom is -0.397 e. The van der Waals surface area contributed by atoms with Crippen LogP contribution in [0.25, 0.3) is 0 Å². The molecule has 0 aliphatic heterocycles. The Labute approximate surface area is 106 Å². The lowest BCUT2D eigenvalue weighted by Crippen LogP contribution is -1.93. The predicted octanol–water partition coefficient (Wildman–Crippen LogP) is 3.57. The average Bonchev–Trinajstić information content (AvgIpc) is 2.28. The highest BCUT2D eigenvalue weighted by molar-refractivity contribution is 7.98. The number of nitrogen functional groups attached to an aromatic ring is 1. The molecule has 0 spiro atoms. The van der Waals surface area contributed by atoms with Crippen molar-refractivity contribution in [1.82, 2.24) is 4.98 Å². The third-order valence-electron chi connectivity index (χ3n) is 2.47. The molecule has 2 nitrogen and oxygen atoms in total. The molecule has 1 heterocycles. The molecular formula is C14H16N2S. The molecule has 2 aromatic rings. The summed E-state index contributed by atoms with van der Waals surface area (Å²) in [6.07, 6.45) is 1.86. The zero-order valence-electron chi connectivity index (χ0n) is 10.1. The Hall–Kier alpha value is -1.48. The highest BCUT2D eigenvalue weighted by Gasteiger charge is 2.02. The molecule has 0 radical (unpaired) electrons. The van der Waals surface area contributed by atoms with Gasteiger partial charge in [0.05, 0.1) is 5.69 Å². The number of aromatic nitrogens is 1. The lowest BCUT2D eigenvalue weighted by molar-refractivity contribution is 1.11. The van der Waals surface area contributed by atoms with Gasteiger partial charge in [-0.15, -0.1) is 0 Å². The van der Waals surface area contributed by atoms with E-state index in [0.717, 1.165) is 22.0 Å². The fourth-order valence-electron chi connectivity index (χ4n) is 1.65. The summed E-state index contributed by atoms with van der Waals surface area (Å²) in [4.78, 5) is 4.35. The fourth-order valence-corrected chi connectivity index (χ4v) is 2.49. The molecule has 0 aliphatic rings. The van der Waals surface area contributed by atoms with Gasteiger partial charge < -0.3 is 5.73 Å². The first-order valence-electron chi connectivity index (χ1n) is 5.55. The summed E-state index contributed by atoms with van der Waals surface area (Å²) in [6.45, 7) is 4.10. The van der Waals surface area contributed by atoms with Crippen LogP contribution in [0.1, 0.15) is 16.7 Å². The van der Waals surface area contributed by atoms with E-state index >= 15 is 0 Å². The van der Waals surface area contributed by atoms with Crippen LogP contribution in [0, 0.1) is 13.8 Å². The molecule has 0 unspecified atom stereocenters. The van der Waals surface area contributed by atoms with E-state index in [-0.39, 0.29) is 0 Å². The van der Waals surface area contributed by atoms with Gasteiger partial charge in [0.15, 0.2) is 0 Å². The molecule has 3 heteroatoms. The van der Waals surface area contributed by atoms with Crippen molar-refractivity contribution in [2.45, 2.75) is 24.6 Å². The van der Waals surface area contributed by atoms with Gasteiger partial charge in [-0.1, -0.05) is 41.6 Å². The van der Waals surface area contributed by atoms with Gasteiger partial charge in [-0.25, -0.2) is 4.98 Å². The molecule has 88 valence electrons. The van der Waals surface area contributed by atoms with Crippen molar-refractivity contribution >= 4 is 17.4 Å². The summed E-state index contributed by atoms with van der Waals surface area (Å²) in [5, 5.41) is 0.914. The van der Waals surface area contributed by atoms with Crippen molar-refractivity contribution in [1.29, 1.82) is 0 Å². The van der Waals surface area contributed by atoms with Gasteiger partial charge in [0.1, 0.15) is 5.03 Å². The zero-order chi connectivity index (χ0) is 12.3. The molecule has 0 saturated carbocycles. The molecule has 17 heavy (non-hydrogen) atoms. The number of aryl methyl sites for hydroxylation is 2. The van der Waals surface area contributed by atoms with E-state index in [4.69, 9.17) is 5.73 Å². The van der Waals surface area contributed by atoms with E-state index in [9.17, 15) is 0 Å². The number of hydrogen-bond donors (Lipinski definition) is 1. The van der Waals surface area contributed by atoms with Crippen molar-refractivity contribution < 1.29 is 0 Å². The third kappa shape index (κ3) is 3.24. The first-order valence-corrected chi connectivity index (χ1v) is 6.54. The highest BCUT2D eigenvalue weighted by atomic mass is 32.2. The second-order valence-electron chi connectivity index (χ2n) is 4.18. The van der Waals surface area contributed by atoms with Gasteiger partial charge in [-0.05, 0) is 31.0 Å². The maximum absolute atomic E-state index is 5.93. The second-order valence-corrected chi connectivity index (χ2v) is 5.15. The van der Waals surface area contributed by atoms with Crippen molar-refractivity contribution in [3.63, 3.8) is 0 Å². The van der Waals surface area contributed by atoms with E-state index in [2.05, 4.69) is 36.2 Å². The Morgan fingerprint density at radius 2 is 2.00 bits per heavy atom. The van der Waals surface area contributed by atoms with Crippen molar-refractivity contribution in [3.8, 4) is 0 Å². The van der Waals surface area contributed by atoms with E-state index < -0.39 is 0 Å². The normalized spacial score (nSPS) is 10.5. The van der Waals surface area contributed by atoms with Crippen molar-refractivity contribution in [2.75, 3.05) is 5.73 Å². The van der Waals surface area contributed by atoms with Gasteiger partial charge in [-0.3, -0.25) is 0 Å². The summed E-state index contributed by atoms with van der Waals surface area (Å²) in [6, 6.07) is 10.5. The number of thioether (sulfide) groups is 1. The van der Waals surface area contributed by atoms with Crippen LogP contribution >= 0.6 is 11.8 Å². The van der Waals surface area contributed by atoms with Crippen LogP contribution in [0.4, 0.5) is 5.69 Å². The number of anilines is 1. The molecule has 1 aromatic carbocycles. The zero-order valence-corrected chi connectivity index (χ0v) is 10.9. The lowest BCUT2D eigenvalue weighted by atomic mass is 10.2. The van der Waals surface area contributed by atoms with Gasteiger partial charge in [0.25, 0.3) is 0 Å². The smallest absolute Gasteiger partial charge is 0.119 e. The van der Waals surface area contributed by atoms with E-state index in [1.54, 1.807) is 11.8 Å². The predicted molar refractivity (Wildman–Crippen MR) is 74.1 cm³/mol. The molecule has 0 fully saturated rings. The van der Waals surface area contributed by atoms with Crippen LogP contribution in [-0.4, -0.2) is 4.98 Å². The number of hydrogen-bond acceptors (Lipinski definition) is 3. The van der Waals surface area contributed by atoms with Crippen LogP contribution in [-0.2, 0) is 5.75 Å². The first-order chi connectivity index (χ1) is 8.15. The Morgan fingerprint density at radius 1 is 1.18 bits per heavy atom. The number of pyridine rings is 1. The number of rotatable bonds is 3. The maximum Gasteiger partial charge on any atom is 0.119 e. The minimum absolute atomic E-state index is 0.766. The first kappa shape index (κ1) is 12.0. The number of nitrogens with two attached hydrogens (primary N) is 1. The topological polar surface area (TPSA) is 38.9 Å². The Bertz CT molecular complexity index is 523. The van der Waals surface area contributed by atoms with E-state index in [1.807, 2.05) is 19.2 Å². The SMILES string of the molecule is Cc1cccc(CSc2ncc(C)cc2N)c1. The summed E-state index contributed by atoms with van der Waals surface area (Å²) >= 11 is 1.68.